The van der Waals surface area contributed by atoms with Crippen LogP contribution >= 0.6 is 11.8 Å². The minimum absolute atomic E-state index is 0.278. The van der Waals surface area contributed by atoms with Gasteiger partial charge >= 0.3 is 5.97 Å². The second-order valence-corrected chi connectivity index (χ2v) is 6.14. The SMILES string of the molecule is Cc1ccc(-c2nnc(SCCOC(=O)c3ccccc3)o2)cc1. The average Bonchev–Trinajstić information content (AvgIpc) is 3.09. The highest BCUT2D eigenvalue weighted by Gasteiger charge is 2.10. The van der Waals surface area contributed by atoms with E-state index in [1.54, 1.807) is 24.3 Å². The van der Waals surface area contributed by atoms with Crippen molar-refractivity contribution in [3.8, 4) is 11.5 Å². The fourth-order valence-corrected chi connectivity index (χ4v) is 2.58. The van der Waals surface area contributed by atoms with Crippen molar-refractivity contribution in [2.45, 2.75) is 12.1 Å². The van der Waals surface area contributed by atoms with Gasteiger partial charge < -0.3 is 9.15 Å². The summed E-state index contributed by atoms with van der Waals surface area (Å²) in [7, 11) is 0. The molecule has 0 aliphatic rings. The van der Waals surface area contributed by atoms with Crippen molar-refractivity contribution in [2.24, 2.45) is 0 Å². The van der Waals surface area contributed by atoms with E-state index in [2.05, 4.69) is 10.2 Å². The van der Waals surface area contributed by atoms with Crippen LogP contribution in [0.3, 0.4) is 0 Å². The standard InChI is InChI=1S/C18H16N2O3S/c1-13-7-9-14(10-8-13)16-19-20-18(23-16)24-12-11-22-17(21)15-5-3-2-4-6-15/h2-10H,11-12H2,1H3. The van der Waals surface area contributed by atoms with E-state index in [1.807, 2.05) is 37.3 Å². The molecule has 0 bridgehead atoms. The first-order valence-corrected chi connectivity index (χ1v) is 8.46. The molecule has 0 atom stereocenters. The number of hydrogen-bond donors (Lipinski definition) is 0. The van der Waals surface area contributed by atoms with Gasteiger partial charge in [-0.25, -0.2) is 4.79 Å². The number of aryl methyl sites for hydroxylation is 1. The van der Waals surface area contributed by atoms with Crippen LogP contribution in [-0.4, -0.2) is 28.5 Å². The highest BCUT2D eigenvalue weighted by atomic mass is 32.2. The highest BCUT2D eigenvalue weighted by molar-refractivity contribution is 7.99. The minimum Gasteiger partial charge on any atom is -0.461 e. The number of aromatic nitrogens is 2. The summed E-state index contributed by atoms with van der Waals surface area (Å²) in [6.07, 6.45) is 0. The molecule has 5 nitrogen and oxygen atoms in total. The number of carbonyl (C=O) groups is 1. The van der Waals surface area contributed by atoms with Crippen molar-refractivity contribution in [3.63, 3.8) is 0 Å². The van der Waals surface area contributed by atoms with Gasteiger partial charge in [0.05, 0.1) is 5.56 Å². The molecule has 0 saturated heterocycles. The van der Waals surface area contributed by atoms with Gasteiger partial charge in [-0.05, 0) is 31.2 Å². The zero-order valence-corrected chi connectivity index (χ0v) is 14.0. The summed E-state index contributed by atoms with van der Waals surface area (Å²) < 4.78 is 10.8. The van der Waals surface area contributed by atoms with Crippen molar-refractivity contribution in [3.05, 3.63) is 65.7 Å². The van der Waals surface area contributed by atoms with E-state index >= 15 is 0 Å². The van der Waals surface area contributed by atoms with Crippen LogP contribution in [0.4, 0.5) is 0 Å². The summed E-state index contributed by atoms with van der Waals surface area (Å²) in [6, 6.07) is 16.8. The third kappa shape index (κ3) is 4.23. The summed E-state index contributed by atoms with van der Waals surface area (Å²) >= 11 is 1.36. The second-order valence-electron chi connectivity index (χ2n) is 5.09. The Hall–Kier alpha value is -2.60. The van der Waals surface area contributed by atoms with Crippen LogP contribution in [0.2, 0.25) is 0 Å². The van der Waals surface area contributed by atoms with Crippen LogP contribution in [0.25, 0.3) is 11.5 Å². The average molecular weight is 340 g/mol. The first-order valence-electron chi connectivity index (χ1n) is 7.48. The summed E-state index contributed by atoms with van der Waals surface area (Å²) in [4.78, 5) is 11.8. The van der Waals surface area contributed by atoms with Crippen molar-refractivity contribution in [1.29, 1.82) is 0 Å². The minimum atomic E-state index is -0.331. The van der Waals surface area contributed by atoms with Gasteiger partial charge in [0.25, 0.3) is 5.22 Å². The largest absolute Gasteiger partial charge is 0.461 e. The van der Waals surface area contributed by atoms with Crippen LogP contribution in [0, 0.1) is 6.92 Å². The Morgan fingerprint density at radius 1 is 1.08 bits per heavy atom. The molecule has 1 heterocycles. The molecular weight excluding hydrogens is 324 g/mol. The maximum Gasteiger partial charge on any atom is 0.338 e. The number of ether oxygens (including phenoxy) is 1. The lowest BCUT2D eigenvalue weighted by atomic mass is 10.1. The third-order valence-electron chi connectivity index (χ3n) is 3.26. The highest BCUT2D eigenvalue weighted by Crippen LogP contribution is 2.23. The molecule has 0 saturated carbocycles. The quantitative estimate of drug-likeness (QED) is 0.384. The zero-order chi connectivity index (χ0) is 16.8. The van der Waals surface area contributed by atoms with Crippen LogP contribution in [-0.2, 0) is 4.74 Å². The van der Waals surface area contributed by atoms with Gasteiger partial charge in [0.15, 0.2) is 0 Å². The topological polar surface area (TPSA) is 65.2 Å². The molecule has 0 aliphatic carbocycles. The van der Waals surface area contributed by atoms with Gasteiger partial charge in [0.1, 0.15) is 6.61 Å². The maximum absolute atomic E-state index is 11.8. The van der Waals surface area contributed by atoms with Crippen LogP contribution in [0.1, 0.15) is 15.9 Å². The molecule has 0 amide bonds. The Bertz CT molecular complexity index is 801. The molecule has 0 spiro atoms. The van der Waals surface area contributed by atoms with Crippen molar-refractivity contribution in [1.82, 2.24) is 10.2 Å². The monoisotopic (exact) mass is 340 g/mol. The van der Waals surface area contributed by atoms with E-state index in [0.717, 1.165) is 5.56 Å². The molecule has 0 aliphatic heterocycles. The Morgan fingerprint density at radius 2 is 1.83 bits per heavy atom. The summed E-state index contributed by atoms with van der Waals surface area (Å²) in [5.41, 5.74) is 2.60. The van der Waals surface area contributed by atoms with Gasteiger partial charge in [0, 0.05) is 11.3 Å². The summed E-state index contributed by atoms with van der Waals surface area (Å²) in [5, 5.41) is 8.49. The van der Waals surface area contributed by atoms with E-state index in [-0.39, 0.29) is 12.6 Å². The van der Waals surface area contributed by atoms with Crippen LogP contribution < -0.4 is 0 Å². The Morgan fingerprint density at radius 3 is 2.58 bits per heavy atom. The molecule has 3 rings (SSSR count). The molecule has 2 aromatic carbocycles. The predicted octanol–water partition coefficient (Wildman–Crippen LogP) is 3.99. The number of carbonyl (C=O) groups excluding carboxylic acids is 1. The number of rotatable bonds is 6. The molecule has 6 heteroatoms. The molecule has 122 valence electrons. The van der Waals surface area contributed by atoms with Gasteiger partial charge in [-0.1, -0.05) is 47.7 Å². The number of esters is 1. The number of hydrogen-bond acceptors (Lipinski definition) is 6. The summed E-state index contributed by atoms with van der Waals surface area (Å²) in [6.45, 7) is 2.30. The maximum atomic E-state index is 11.8. The van der Waals surface area contributed by atoms with Gasteiger partial charge in [-0.3, -0.25) is 0 Å². The number of benzene rings is 2. The van der Waals surface area contributed by atoms with E-state index in [1.165, 1.54) is 17.3 Å². The molecular formula is C18H16N2O3S. The number of thioether (sulfide) groups is 1. The first kappa shape index (κ1) is 16.3. The summed E-state index contributed by atoms with van der Waals surface area (Å²) in [5.74, 6) is 0.703. The van der Waals surface area contributed by atoms with Crippen molar-refractivity contribution >= 4 is 17.7 Å². The Labute approximate surface area is 144 Å². The lowest BCUT2D eigenvalue weighted by Crippen LogP contribution is -2.07. The van der Waals surface area contributed by atoms with E-state index in [0.29, 0.717) is 22.4 Å². The molecule has 24 heavy (non-hydrogen) atoms. The van der Waals surface area contributed by atoms with Gasteiger partial charge in [0.2, 0.25) is 5.89 Å². The smallest absolute Gasteiger partial charge is 0.338 e. The Balaban J connectivity index is 1.47. The van der Waals surface area contributed by atoms with Crippen LogP contribution in [0.5, 0.6) is 0 Å². The fourth-order valence-electron chi connectivity index (χ4n) is 2.00. The first-order chi connectivity index (χ1) is 11.7. The van der Waals surface area contributed by atoms with E-state index in [4.69, 9.17) is 9.15 Å². The second kappa shape index (κ2) is 7.79. The van der Waals surface area contributed by atoms with E-state index in [9.17, 15) is 4.79 Å². The molecule has 0 radical (unpaired) electrons. The number of nitrogens with zero attached hydrogens (tertiary/aromatic N) is 2. The van der Waals surface area contributed by atoms with Crippen LogP contribution in [0.15, 0.2) is 64.2 Å². The van der Waals surface area contributed by atoms with Crippen molar-refractivity contribution in [2.75, 3.05) is 12.4 Å². The lowest BCUT2D eigenvalue weighted by Gasteiger charge is -2.03. The van der Waals surface area contributed by atoms with Gasteiger partial charge in [-0.2, -0.15) is 0 Å². The molecule has 0 unspecified atom stereocenters. The fraction of sp³-hybridized carbons (Fsp3) is 0.167. The molecule has 3 aromatic rings. The van der Waals surface area contributed by atoms with Gasteiger partial charge in [-0.15, -0.1) is 10.2 Å². The molecule has 1 aromatic heterocycles. The van der Waals surface area contributed by atoms with E-state index < -0.39 is 0 Å². The third-order valence-corrected chi connectivity index (χ3v) is 4.04. The van der Waals surface area contributed by atoms with Crippen molar-refractivity contribution < 1.29 is 13.9 Å². The lowest BCUT2D eigenvalue weighted by molar-refractivity contribution is 0.0530. The molecule has 0 fully saturated rings. The molecule has 0 N–H and O–H groups in total. The normalized spacial score (nSPS) is 10.5. The Kier molecular flexibility index (Phi) is 5.28. The predicted molar refractivity (Wildman–Crippen MR) is 91.9 cm³/mol. The zero-order valence-electron chi connectivity index (χ0n) is 13.1.